The fourth-order valence-corrected chi connectivity index (χ4v) is 2.15. The standard InChI is InChI=1S/C18H25N3O6/c19-18(26)20-11-2-1-4-15(22)21-14-9-7-13(8-10-14)12-27-17(25)6-3-5-16(23)24/h7-10H,1-6,11-12H2,(H,21,22)(H,23,24)(H3,19,20,26). The van der Waals surface area contributed by atoms with E-state index in [4.69, 9.17) is 15.6 Å². The van der Waals surface area contributed by atoms with Crippen molar-refractivity contribution in [3.05, 3.63) is 29.8 Å². The van der Waals surface area contributed by atoms with E-state index in [0.29, 0.717) is 31.5 Å². The quantitative estimate of drug-likeness (QED) is 0.321. The van der Waals surface area contributed by atoms with E-state index in [1.165, 1.54) is 0 Å². The summed E-state index contributed by atoms with van der Waals surface area (Å²) >= 11 is 0. The number of nitrogens with two attached hydrogens (primary N) is 1. The monoisotopic (exact) mass is 379 g/mol. The summed E-state index contributed by atoms with van der Waals surface area (Å²) in [4.78, 5) is 44.2. The molecule has 0 saturated carbocycles. The third-order valence-corrected chi connectivity index (χ3v) is 3.54. The van der Waals surface area contributed by atoms with E-state index in [1.807, 2.05) is 0 Å². The second-order valence-electron chi connectivity index (χ2n) is 5.90. The van der Waals surface area contributed by atoms with Crippen molar-refractivity contribution in [3.63, 3.8) is 0 Å². The van der Waals surface area contributed by atoms with Crippen LogP contribution in [0.3, 0.4) is 0 Å². The van der Waals surface area contributed by atoms with E-state index in [1.54, 1.807) is 24.3 Å². The molecule has 0 bridgehead atoms. The number of benzene rings is 1. The molecule has 0 atom stereocenters. The van der Waals surface area contributed by atoms with E-state index < -0.39 is 18.0 Å². The Kier molecular flexibility index (Phi) is 9.98. The predicted octanol–water partition coefficient (Wildman–Crippen LogP) is 1.76. The normalized spacial score (nSPS) is 10.1. The maximum atomic E-state index is 11.8. The maximum absolute atomic E-state index is 11.8. The lowest BCUT2D eigenvalue weighted by Crippen LogP contribution is -2.30. The number of hydrogen-bond donors (Lipinski definition) is 4. The van der Waals surface area contributed by atoms with Gasteiger partial charge in [-0.05, 0) is 37.0 Å². The van der Waals surface area contributed by atoms with Gasteiger partial charge in [-0.2, -0.15) is 0 Å². The molecule has 0 aliphatic carbocycles. The van der Waals surface area contributed by atoms with Crippen LogP contribution in [0.15, 0.2) is 24.3 Å². The number of amides is 3. The summed E-state index contributed by atoms with van der Waals surface area (Å²) in [7, 11) is 0. The van der Waals surface area contributed by atoms with E-state index in [9.17, 15) is 19.2 Å². The third-order valence-electron chi connectivity index (χ3n) is 3.54. The Balaban J connectivity index is 2.24. The molecule has 9 heteroatoms. The SMILES string of the molecule is NC(=O)NCCCCC(=O)Nc1ccc(COC(=O)CCCC(=O)O)cc1. The van der Waals surface area contributed by atoms with Gasteiger partial charge in [-0.1, -0.05) is 12.1 Å². The highest BCUT2D eigenvalue weighted by molar-refractivity contribution is 5.90. The van der Waals surface area contributed by atoms with Gasteiger partial charge in [0.15, 0.2) is 0 Å². The van der Waals surface area contributed by atoms with E-state index in [-0.39, 0.29) is 31.8 Å². The van der Waals surface area contributed by atoms with Crippen LogP contribution in [0.25, 0.3) is 0 Å². The number of anilines is 1. The zero-order valence-electron chi connectivity index (χ0n) is 15.0. The Morgan fingerprint density at radius 1 is 0.963 bits per heavy atom. The number of carboxylic acids is 1. The first-order valence-corrected chi connectivity index (χ1v) is 8.66. The Morgan fingerprint density at radius 3 is 2.30 bits per heavy atom. The topological polar surface area (TPSA) is 148 Å². The largest absolute Gasteiger partial charge is 0.481 e. The van der Waals surface area contributed by atoms with Crippen LogP contribution in [0.4, 0.5) is 10.5 Å². The van der Waals surface area contributed by atoms with Crippen molar-refractivity contribution in [2.75, 3.05) is 11.9 Å². The third kappa shape index (κ3) is 11.2. The second-order valence-corrected chi connectivity index (χ2v) is 5.90. The minimum absolute atomic E-state index is 0.0643. The number of nitrogens with one attached hydrogen (secondary N) is 2. The fourth-order valence-electron chi connectivity index (χ4n) is 2.15. The highest BCUT2D eigenvalue weighted by Gasteiger charge is 2.06. The first-order valence-electron chi connectivity index (χ1n) is 8.66. The number of primary amides is 1. The van der Waals surface area contributed by atoms with Gasteiger partial charge in [-0.3, -0.25) is 14.4 Å². The average molecular weight is 379 g/mol. The average Bonchev–Trinajstić information content (AvgIpc) is 2.60. The van der Waals surface area contributed by atoms with Gasteiger partial charge in [0.1, 0.15) is 6.61 Å². The first-order chi connectivity index (χ1) is 12.9. The molecule has 0 heterocycles. The molecule has 148 valence electrons. The molecular weight excluding hydrogens is 354 g/mol. The van der Waals surface area contributed by atoms with Gasteiger partial charge in [0.2, 0.25) is 5.91 Å². The number of rotatable bonds is 12. The molecule has 0 aromatic heterocycles. The first kappa shape index (κ1) is 21.9. The van der Waals surface area contributed by atoms with Gasteiger partial charge in [-0.15, -0.1) is 0 Å². The predicted molar refractivity (Wildman–Crippen MR) is 97.8 cm³/mol. The molecule has 1 aromatic carbocycles. The Bertz CT molecular complexity index is 645. The molecule has 0 aliphatic heterocycles. The Labute approximate surface area is 157 Å². The minimum atomic E-state index is -0.942. The molecule has 3 amide bonds. The highest BCUT2D eigenvalue weighted by Crippen LogP contribution is 2.12. The number of carbonyl (C=O) groups excluding carboxylic acids is 3. The molecule has 9 nitrogen and oxygen atoms in total. The molecule has 0 spiro atoms. The summed E-state index contributed by atoms with van der Waals surface area (Å²) in [6.07, 6.45) is 1.86. The van der Waals surface area contributed by atoms with Crippen molar-refractivity contribution in [2.24, 2.45) is 5.73 Å². The molecule has 0 fully saturated rings. The number of esters is 1. The lowest BCUT2D eigenvalue weighted by molar-refractivity contribution is -0.145. The van der Waals surface area contributed by atoms with Crippen LogP contribution in [0.2, 0.25) is 0 Å². The van der Waals surface area contributed by atoms with E-state index >= 15 is 0 Å². The number of ether oxygens (including phenoxy) is 1. The Morgan fingerprint density at radius 2 is 1.67 bits per heavy atom. The number of carbonyl (C=O) groups is 4. The van der Waals surface area contributed by atoms with Crippen LogP contribution < -0.4 is 16.4 Å². The fraction of sp³-hybridized carbons (Fsp3) is 0.444. The van der Waals surface area contributed by atoms with E-state index in [2.05, 4.69) is 10.6 Å². The van der Waals surface area contributed by atoms with Gasteiger partial charge < -0.3 is 26.2 Å². The summed E-state index contributed by atoms with van der Waals surface area (Å²) in [5, 5.41) is 13.7. The van der Waals surface area contributed by atoms with E-state index in [0.717, 1.165) is 5.56 Å². The van der Waals surface area contributed by atoms with Crippen molar-refractivity contribution >= 4 is 29.6 Å². The number of urea groups is 1. The summed E-state index contributed by atoms with van der Waals surface area (Å²) in [5.74, 6) is -1.52. The van der Waals surface area contributed by atoms with Crippen molar-refractivity contribution in [1.29, 1.82) is 0 Å². The highest BCUT2D eigenvalue weighted by atomic mass is 16.5. The van der Waals surface area contributed by atoms with Gasteiger partial charge in [-0.25, -0.2) is 4.79 Å². The lowest BCUT2D eigenvalue weighted by Gasteiger charge is -2.08. The maximum Gasteiger partial charge on any atom is 0.312 e. The van der Waals surface area contributed by atoms with Gasteiger partial charge in [0.25, 0.3) is 0 Å². The molecular formula is C18H25N3O6. The second kappa shape index (κ2) is 12.3. The smallest absolute Gasteiger partial charge is 0.312 e. The molecule has 1 rings (SSSR count). The van der Waals surface area contributed by atoms with Crippen LogP contribution in [-0.2, 0) is 25.7 Å². The van der Waals surface area contributed by atoms with Crippen LogP contribution in [-0.4, -0.2) is 35.5 Å². The number of hydrogen-bond acceptors (Lipinski definition) is 5. The van der Waals surface area contributed by atoms with Gasteiger partial charge in [0, 0.05) is 31.5 Å². The van der Waals surface area contributed by atoms with Crippen LogP contribution in [0.1, 0.15) is 44.1 Å². The molecule has 0 radical (unpaired) electrons. The number of aliphatic carboxylic acids is 1. The molecule has 0 unspecified atom stereocenters. The molecule has 5 N–H and O–H groups in total. The lowest BCUT2D eigenvalue weighted by atomic mass is 10.2. The van der Waals surface area contributed by atoms with Gasteiger partial charge >= 0.3 is 18.0 Å². The molecule has 0 saturated heterocycles. The molecule has 27 heavy (non-hydrogen) atoms. The summed E-state index contributed by atoms with van der Waals surface area (Å²) in [6, 6.07) is 6.30. The summed E-state index contributed by atoms with van der Waals surface area (Å²) in [5.41, 5.74) is 6.33. The molecule has 1 aromatic rings. The van der Waals surface area contributed by atoms with Gasteiger partial charge in [0.05, 0.1) is 0 Å². The zero-order chi connectivity index (χ0) is 20.1. The summed E-state index contributed by atoms with van der Waals surface area (Å²) < 4.78 is 5.07. The number of unbranched alkanes of at least 4 members (excludes halogenated alkanes) is 1. The number of carboxylic acid groups (broad SMARTS) is 1. The zero-order valence-corrected chi connectivity index (χ0v) is 15.0. The van der Waals surface area contributed by atoms with Crippen molar-refractivity contribution < 1.29 is 29.0 Å². The van der Waals surface area contributed by atoms with Crippen molar-refractivity contribution in [1.82, 2.24) is 5.32 Å². The van der Waals surface area contributed by atoms with Crippen LogP contribution in [0, 0.1) is 0 Å². The van der Waals surface area contributed by atoms with Crippen molar-refractivity contribution in [2.45, 2.75) is 45.1 Å². The summed E-state index contributed by atoms with van der Waals surface area (Å²) in [6.45, 7) is 0.527. The van der Waals surface area contributed by atoms with Crippen LogP contribution in [0.5, 0.6) is 0 Å². The Hall–Kier alpha value is -3.10. The van der Waals surface area contributed by atoms with Crippen molar-refractivity contribution in [3.8, 4) is 0 Å². The van der Waals surface area contributed by atoms with Crippen LogP contribution >= 0.6 is 0 Å². The minimum Gasteiger partial charge on any atom is -0.481 e. The molecule has 0 aliphatic rings.